The van der Waals surface area contributed by atoms with E-state index in [0.717, 1.165) is 65.7 Å². The predicted molar refractivity (Wildman–Crippen MR) is 153 cm³/mol. The number of hydrogen-bond donors (Lipinski definition) is 1. The van der Waals surface area contributed by atoms with Crippen LogP contribution >= 0.6 is 0 Å². The Morgan fingerprint density at radius 2 is 1.82 bits per heavy atom. The maximum atomic E-state index is 10.7. The molecule has 0 saturated carbocycles. The van der Waals surface area contributed by atoms with Crippen LogP contribution in [-0.2, 0) is 6.54 Å². The van der Waals surface area contributed by atoms with Crippen LogP contribution in [0.2, 0.25) is 0 Å². The van der Waals surface area contributed by atoms with Crippen LogP contribution in [0.25, 0.3) is 6.08 Å². The number of amidine groups is 2. The summed E-state index contributed by atoms with van der Waals surface area (Å²) in [6, 6.07) is 22.3. The lowest BCUT2D eigenvalue weighted by Gasteiger charge is -2.35. The molecule has 1 unspecified atom stereocenters. The number of aliphatic imine (C=N–C) groups is 1. The topological polar surface area (TPSA) is 76.2 Å². The van der Waals surface area contributed by atoms with Gasteiger partial charge in [-0.15, -0.1) is 5.26 Å². The minimum Gasteiger partial charge on any atom is -0.497 e. The van der Waals surface area contributed by atoms with E-state index in [1.807, 2.05) is 48.5 Å². The first-order chi connectivity index (χ1) is 18.6. The molecule has 3 aromatic rings. The van der Waals surface area contributed by atoms with Gasteiger partial charge in [-0.05, 0) is 52.6 Å². The number of rotatable bonds is 6. The fraction of sp³-hybridized carbons (Fsp3) is 0.233. The number of hydrogen-bond acceptors (Lipinski definition) is 7. The summed E-state index contributed by atoms with van der Waals surface area (Å²) in [6.07, 6.45) is 6.45. The Hall–Kier alpha value is -4.45. The number of anilines is 2. The van der Waals surface area contributed by atoms with E-state index in [9.17, 15) is 5.26 Å². The van der Waals surface area contributed by atoms with E-state index in [0.29, 0.717) is 18.2 Å². The highest BCUT2D eigenvalue weighted by atomic mass is 16.5. The number of fused-ring (bicyclic) bond motifs is 3. The van der Waals surface area contributed by atoms with Crippen molar-refractivity contribution in [3.63, 3.8) is 0 Å². The summed E-state index contributed by atoms with van der Waals surface area (Å²) in [7, 11) is 3.79. The predicted octanol–water partition coefficient (Wildman–Crippen LogP) is 4.65. The van der Waals surface area contributed by atoms with Gasteiger partial charge in [-0.3, -0.25) is 0 Å². The molecule has 6 rings (SSSR count). The third kappa shape index (κ3) is 4.22. The number of likely N-dealkylation sites (N-methyl/N-ethyl adjacent to an activating group) is 1. The van der Waals surface area contributed by atoms with E-state index < -0.39 is 0 Å². The average Bonchev–Trinajstić information content (AvgIpc) is 3.37. The second-order valence-electron chi connectivity index (χ2n) is 9.75. The van der Waals surface area contributed by atoms with E-state index in [4.69, 9.17) is 14.8 Å². The zero-order chi connectivity index (χ0) is 26.1. The molecule has 38 heavy (non-hydrogen) atoms. The second kappa shape index (κ2) is 9.78. The first kappa shape index (κ1) is 23.9. The highest BCUT2D eigenvalue weighted by molar-refractivity contribution is 6.22. The SMILES string of the molecule is COc1cccc(C2=N[N+]3(C#N)C(=N2)C=Cc2cc(N4CCN(C)CC4)cc(NCc4ccccc4)c23)c1. The maximum Gasteiger partial charge on any atom is 0.351 e. The van der Waals surface area contributed by atoms with Crippen molar-refractivity contribution in [1.29, 1.82) is 5.26 Å². The van der Waals surface area contributed by atoms with E-state index in [-0.39, 0.29) is 4.59 Å². The van der Waals surface area contributed by atoms with Gasteiger partial charge in [0.05, 0.1) is 7.11 Å². The van der Waals surface area contributed by atoms with Crippen LogP contribution in [0.15, 0.2) is 82.9 Å². The molecule has 0 spiro atoms. The third-order valence-corrected chi connectivity index (χ3v) is 7.32. The molecule has 3 aromatic carbocycles. The maximum absolute atomic E-state index is 10.7. The van der Waals surface area contributed by atoms with Gasteiger partial charge in [-0.2, -0.15) is 4.99 Å². The standard InChI is InChI=1S/C30H30N7O/c1-35-13-15-36(16-14-35)25-17-23-11-12-28-33-30(24-9-6-10-26(18-24)38-2)34-37(28,21-31)29(23)27(19-25)32-20-22-7-4-3-5-8-22/h3-12,17-19,32H,13-16,20H2,1-2H3/q+1. The Morgan fingerprint density at radius 3 is 2.58 bits per heavy atom. The van der Waals surface area contributed by atoms with E-state index >= 15 is 0 Å². The van der Waals surface area contributed by atoms with Crippen LogP contribution < -0.4 is 19.5 Å². The monoisotopic (exact) mass is 504 g/mol. The highest BCUT2D eigenvalue weighted by Crippen LogP contribution is 2.45. The smallest absolute Gasteiger partial charge is 0.351 e. The normalized spacial score (nSPS) is 20.2. The molecule has 0 radical (unpaired) electrons. The fourth-order valence-electron chi connectivity index (χ4n) is 5.18. The van der Waals surface area contributed by atoms with Crippen molar-refractivity contribution < 1.29 is 4.74 Å². The lowest BCUT2D eigenvalue weighted by atomic mass is 10.0. The largest absolute Gasteiger partial charge is 0.497 e. The molecule has 3 heterocycles. The van der Waals surface area contributed by atoms with Crippen molar-refractivity contribution in [2.75, 3.05) is 50.6 Å². The molecular weight excluding hydrogens is 474 g/mol. The van der Waals surface area contributed by atoms with E-state index in [1.54, 1.807) is 7.11 Å². The summed E-state index contributed by atoms with van der Waals surface area (Å²) < 4.78 is 5.06. The summed E-state index contributed by atoms with van der Waals surface area (Å²) in [5.74, 6) is 1.81. The van der Waals surface area contributed by atoms with Crippen LogP contribution in [0, 0.1) is 11.5 Å². The lowest BCUT2D eigenvalue weighted by molar-refractivity contribution is 0.313. The Morgan fingerprint density at radius 1 is 1.00 bits per heavy atom. The van der Waals surface area contributed by atoms with Crippen molar-refractivity contribution in [2.24, 2.45) is 10.1 Å². The lowest BCUT2D eigenvalue weighted by Crippen LogP contribution is -2.45. The average molecular weight is 505 g/mol. The van der Waals surface area contributed by atoms with Crippen LogP contribution in [0.3, 0.4) is 0 Å². The molecule has 8 heteroatoms. The molecular formula is C30H30N7O+. The van der Waals surface area contributed by atoms with Crippen molar-refractivity contribution in [1.82, 2.24) is 9.49 Å². The molecule has 0 bridgehead atoms. The molecule has 190 valence electrons. The molecule has 0 amide bonds. The Labute approximate surface area is 223 Å². The molecule has 1 N–H and O–H groups in total. The molecule has 8 nitrogen and oxygen atoms in total. The van der Waals surface area contributed by atoms with Gasteiger partial charge in [0, 0.05) is 55.6 Å². The van der Waals surface area contributed by atoms with Crippen LogP contribution in [0.5, 0.6) is 5.75 Å². The fourth-order valence-corrected chi connectivity index (χ4v) is 5.18. The first-order valence-electron chi connectivity index (χ1n) is 12.8. The zero-order valence-corrected chi connectivity index (χ0v) is 21.6. The second-order valence-corrected chi connectivity index (χ2v) is 9.75. The molecule has 0 aliphatic carbocycles. The molecule has 0 aromatic heterocycles. The van der Waals surface area contributed by atoms with Crippen molar-refractivity contribution in [2.45, 2.75) is 6.54 Å². The van der Waals surface area contributed by atoms with Gasteiger partial charge < -0.3 is 19.9 Å². The number of methoxy groups -OCH3 is 1. The van der Waals surface area contributed by atoms with Crippen molar-refractivity contribution in [3.05, 3.63) is 89.5 Å². The molecule has 1 fully saturated rings. The molecule has 3 aliphatic rings. The van der Waals surface area contributed by atoms with Gasteiger partial charge in [0.25, 0.3) is 5.84 Å². The number of quaternary nitrogens is 1. The van der Waals surface area contributed by atoms with Gasteiger partial charge in [0.2, 0.25) is 11.5 Å². The van der Waals surface area contributed by atoms with Gasteiger partial charge in [-0.25, -0.2) is 0 Å². The van der Waals surface area contributed by atoms with Crippen LogP contribution in [0.4, 0.5) is 17.1 Å². The zero-order valence-electron chi connectivity index (χ0n) is 21.6. The van der Waals surface area contributed by atoms with Gasteiger partial charge in [-0.1, -0.05) is 42.5 Å². The van der Waals surface area contributed by atoms with Gasteiger partial charge in [0.1, 0.15) is 11.4 Å². The van der Waals surface area contributed by atoms with Crippen LogP contribution in [0.1, 0.15) is 16.7 Å². The number of nitrogens with zero attached hydrogens (tertiary/aromatic N) is 6. The number of nitrogens with one attached hydrogen (secondary N) is 1. The summed E-state index contributed by atoms with van der Waals surface area (Å²) >= 11 is 0. The number of benzene rings is 3. The highest BCUT2D eigenvalue weighted by Gasteiger charge is 2.49. The minimum atomic E-state index is -0.349. The van der Waals surface area contributed by atoms with Gasteiger partial charge in [0.15, 0.2) is 0 Å². The molecule has 3 aliphatic heterocycles. The number of ether oxygens (including phenoxy) is 1. The van der Waals surface area contributed by atoms with Gasteiger partial charge >= 0.3 is 6.19 Å². The Kier molecular flexibility index (Phi) is 6.16. The van der Waals surface area contributed by atoms with Crippen LogP contribution in [-0.4, -0.2) is 56.9 Å². The molecule has 1 atom stereocenters. The summed E-state index contributed by atoms with van der Waals surface area (Å²) in [5, 5.41) is 19.2. The Balaban J connectivity index is 1.46. The third-order valence-electron chi connectivity index (χ3n) is 7.32. The number of piperazine rings is 1. The molecule has 1 saturated heterocycles. The van der Waals surface area contributed by atoms with E-state index in [1.165, 1.54) is 0 Å². The number of nitriles is 1. The van der Waals surface area contributed by atoms with Crippen molar-refractivity contribution in [3.8, 4) is 11.9 Å². The minimum absolute atomic E-state index is 0.349. The Bertz CT molecular complexity index is 1500. The van der Waals surface area contributed by atoms with E-state index in [2.05, 4.69) is 58.7 Å². The summed E-state index contributed by atoms with van der Waals surface area (Å²) in [6.45, 7) is 4.58. The first-order valence-corrected chi connectivity index (χ1v) is 12.8. The summed E-state index contributed by atoms with van der Waals surface area (Å²) in [5.41, 5.74) is 5.76. The van der Waals surface area contributed by atoms with Crippen molar-refractivity contribution >= 4 is 34.8 Å². The summed E-state index contributed by atoms with van der Waals surface area (Å²) in [4.78, 5) is 9.57. The quantitative estimate of drug-likeness (QED) is 0.391.